The average molecular weight is 287 g/mol. The summed E-state index contributed by atoms with van der Waals surface area (Å²) in [5, 5.41) is 0. The maximum Gasteiger partial charge on any atom is 0.410 e. The number of esters is 1. The number of rotatable bonds is 2. The highest BCUT2D eigenvalue weighted by Crippen LogP contribution is 2.22. The summed E-state index contributed by atoms with van der Waals surface area (Å²) < 4.78 is 23.7. The molecular weight excluding hydrogens is 265 g/mol. The van der Waals surface area contributed by atoms with E-state index in [2.05, 4.69) is 4.74 Å². The molecule has 0 aromatic rings. The lowest BCUT2D eigenvalue weighted by molar-refractivity contribution is -0.140. The van der Waals surface area contributed by atoms with Crippen LogP contribution >= 0.6 is 0 Å². The lowest BCUT2D eigenvalue weighted by Gasteiger charge is -2.31. The fraction of sp³-hybridized carbons (Fsp3) is 0.714. The minimum atomic E-state index is -0.964. The van der Waals surface area contributed by atoms with Crippen molar-refractivity contribution in [1.82, 2.24) is 4.90 Å². The number of hydrogen-bond acceptors (Lipinski definition) is 4. The largest absolute Gasteiger partial charge is 0.461 e. The molecule has 1 aliphatic heterocycles. The summed E-state index contributed by atoms with van der Waals surface area (Å²) in [7, 11) is 0. The number of piperidine rings is 1. The van der Waals surface area contributed by atoms with Gasteiger partial charge in [0.15, 0.2) is 0 Å². The predicted octanol–water partition coefficient (Wildman–Crippen LogP) is 2.80. The smallest absolute Gasteiger partial charge is 0.410 e. The molecule has 1 amide bonds. The third-order valence-corrected chi connectivity index (χ3v) is 2.71. The number of halogens is 1. The molecular formula is C14H22FNO4. The molecule has 1 heterocycles. The van der Waals surface area contributed by atoms with Crippen LogP contribution in [0, 0.1) is 0 Å². The van der Waals surface area contributed by atoms with Crippen LogP contribution in [0.5, 0.6) is 0 Å². The first-order valence-electron chi connectivity index (χ1n) is 6.77. The molecule has 0 aliphatic carbocycles. The van der Waals surface area contributed by atoms with Gasteiger partial charge >= 0.3 is 12.1 Å². The molecule has 1 fully saturated rings. The molecule has 6 heteroatoms. The van der Waals surface area contributed by atoms with Gasteiger partial charge in [-0.3, -0.25) is 0 Å². The van der Waals surface area contributed by atoms with Crippen LogP contribution in [0.25, 0.3) is 0 Å². The van der Waals surface area contributed by atoms with Crippen LogP contribution in [0.2, 0.25) is 0 Å². The Morgan fingerprint density at radius 2 is 2.00 bits per heavy atom. The van der Waals surface area contributed by atoms with Crippen molar-refractivity contribution >= 4 is 12.1 Å². The van der Waals surface area contributed by atoms with Gasteiger partial charge in [-0.05, 0) is 46.1 Å². The van der Waals surface area contributed by atoms with Crippen molar-refractivity contribution in [2.24, 2.45) is 0 Å². The van der Waals surface area contributed by atoms with Crippen LogP contribution < -0.4 is 0 Å². The van der Waals surface area contributed by atoms with Gasteiger partial charge in [0.1, 0.15) is 5.60 Å². The molecule has 0 unspecified atom stereocenters. The van der Waals surface area contributed by atoms with Crippen molar-refractivity contribution in [3.8, 4) is 0 Å². The number of likely N-dealkylation sites (tertiary alicyclic amines) is 1. The van der Waals surface area contributed by atoms with Gasteiger partial charge in [-0.15, -0.1) is 0 Å². The summed E-state index contributed by atoms with van der Waals surface area (Å²) in [5.41, 5.74) is -0.307. The number of carbonyl (C=O) groups excluding carboxylic acids is 2. The van der Waals surface area contributed by atoms with Crippen LogP contribution in [-0.2, 0) is 14.3 Å². The van der Waals surface area contributed by atoms with E-state index in [1.54, 1.807) is 27.7 Å². The van der Waals surface area contributed by atoms with Crippen LogP contribution in [0.1, 0.15) is 40.5 Å². The fourth-order valence-electron chi connectivity index (χ4n) is 1.87. The number of ether oxygens (including phenoxy) is 2. The van der Waals surface area contributed by atoms with Gasteiger partial charge < -0.3 is 14.4 Å². The zero-order valence-corrected chi connectivity index (χ0v) is 12.5. The lowest BCUT2D eigenvalue weighted by Crippen LogP contribution is -2.41. The average Bonchev–Trinajstić information content (AvgIpc) is 2.36. The first kappa shape index (κ1) is 16.5. The molecule has 0 saturated carbocycles. The standard InChI is InChI=1S/C14H22FNO4/c1-5-19-12(17)11(15)10-7-6-8-16(9-10)13(18)20-14(2,3)4/h5-9H2,1-4H3. The lowest BCUT2D eigenvalue weighted by atomic mass is 10.0. The molecule has 0 atom stereocenters. The summed E-state index contributed by atoms with van der Waals surface area (Å²) in [6.45, 7) is 7.60. The van der Waals surface area contributed by atoms with Crippen molar-refractivity contribution < 1.29 is 23.5 Å². The van der Waals surface area contributed by atoms with Gasteiger partial charge in [0.05, 0.1) is 6.61 Å². The number of nitrogens with zero attached hydrogens (tertiary/aromatic N) is 1. The number of hydrogen-bond donors (Lipinski definition) is 0. The third kappa shape index (κ3) is 4.83. The highest BCUT2D eigenvalue weighted by Gasteiger charge is 2.28. The van der Waals surface area contributed by atoms with Crippen LogP contribution in [0.4, 0.5) is 9.18 Å². The second kappa shape index (κ2) is 6.72. The quantitative estimate of drug-likeness (QED) is 0.579. The van der Waals surface area contributed by atoms with E-state index in [1.165, 1.54) is 4.90 Å². The van der Waals surface area contributed by atoms with Gasteiger partial charge in [0, 0.05) is 13.1 Å². The molecule has 1 rings (SSSR count). The molecule has 0 bridgehead atoms. The van der Waals surface area contributed by atoms with E-state index in [0.29, 0.717) is 25.0 Å². The van der Waals surface area contributed by atoms with Gasteiger partial charge in [0.2, 0.25) is 5.83 Å². The van der Waals surface area contributed by atoms with E-state index in [4.69, 9.17) is 4.74 Å². The van der Waals surface area contributed by atoms with E-state index in [9.17, 15) is 14.0 Å². The number of amides is 1. The molecule has 0 radical (unpaired) electrons. The fourth-order valence-corrected chi connectivity index (χ4v) is 1.87. The predicted molar refractivity (Wildman–Crippen MR) is 71.8 cm³/mol. The zero-order chi connectivity index (χ0) is 15.3. The van der Waals surface area contributed by atoms with Crippen LogP contribution in [-0.4, -0.2) is 42.3 Å². The highest BCUT2D eigenvalue weighted by atomic mass is 19.1. The summed E-state index contributed by atoms with van der Waals surface area (Å²) >= 11 is 0. The molecule has 0 aromatic carbocycles. The van der Waals surface area contributed by atoms with Gasteiger partial charge in [-0.1, -0.05) is 0 Å². The van der Waals surface area contributed by atoms with E-state index in [-0.39, 0.29) is 13.2 Å². The van der Waals surface area contributed by atoms with Crippen molar-refractivity contribution in [3.63, 3.8) is 0 Å². The topological polar surface area (TPSA) is 55.8 Å². The Morgan fingerprint density at radius 1 is 1.35 bits per heavy atom. The van der Waals surface area contributed by atoms with Crippen molar-refractivity contribution in [3.05, 3.63) is 11.4 Å². The van der Waals surface area contributed by atoms with Crippen molar-refractivity contribution in [1.29, 1.82) is 0 Å². The maximum atomic E-state index is 13.9. The summed E-state index contributed by atoms with van der Waals surface area (Å²) in [6.07, 6.45) is 0.553. The first-order chi connectivity index (χ1) is 9.24. The van der Waals surface area contributed by atoms with Crippen LogP contribution in [0.15, 0.2) is 11.4 Å². The number of carbonyl (C=O) groups is 2. The molecule has 0 spiro atoms. The van der Waals surface area contributed by atoms with Crippen molar-refractivity contribution in [2.45, 2.75) is 46.1 Å². The molecule has 114 valence electrons. The van der Waals surface area contributed by atoms with E-state index < -0.39 is 23.5 Å². The molecule has 0 N–H and O–H groups in total. The summed E-state index contributed by atoms with van der Waals surface area (Å²) in [4.78, 5) is 24.7. The second-order valence-electron chi connectivity index (χ2n) is 5.64. The van der Waals surface area contributed by atoms with E-state index in [0.717, 1.165) is 0 Å². The summed E-state index contributed by atoms with van der Waals surface area (Å²) in [5.74, 6) is -1.85. The Balaban J connectivity index is 2.74. The van der Waals surface area contributed by atoms with E-state index >= 15 is 0 Å². The minimum absolute atomic E-state index is 0.0690. The Morgan fingerprint density at radius 3 is 2.55 bits per heavy atom. The molecule has 5 nitrogen and oxygen atoms in total. The first-order valence-corrected chi connectivity index (χ1v) is 6.77. The second-order valence-corrected chi connectivity index (χ2v) is 5.64. The van der Waals surface area contributed by atoms with Crippen LogP contribution in [0.3, 0.4) is 0 Å². The molecule has 20 heavy (non-hydrogen) atoms. The Hall–Kier alpha value is -1.59. The maximum absolute atomic E-state index is 13.9. The highest BCUT2D eigenvalue weighted by molar-refractivity contribution is 5.87. The van der Waals surface area contributed by atoms with Gasteiger partial charge in [-0.25, -0.2) is 9.59 Å². The monoisotopic (exact) mass is 287 g/mol. The SMILES string of the molecule is CCOC(=O)C(F)=C1CCCN(C(=O)OC(C)(C)C)C1. The van der Waals surface area contributed by atoms with Gasteiger partial charge in [-0.2, -0.15) is 4.39 Å². The zero-order valence-electron chi connectivity index (χ0n) is 12.5. The molecule has 1 saturated heterocycles. The minimum Gasteiger partial charge on any atom is -0.461 e. The Kier molecular flexibility index (Phi) is 5.53. The van der Waals surface area contributed by atoms with E-state index in [1.807, 2.05) is 0 Å². The van der Waals surface area contributed by atoms with Gasteiger partial charge in [0.25, 0.3) is 0 Å². The normalized spacial score (nSPS) is 18.6. The Bertz CT molecular complexity index is 412. The molecule has 1 aliphatic rings. The summed E-state index contributed by atoms with van der Waals surface area (Å²) in [6, 6.07) is 0. The third-order valence-electron chi connectivity index (χ3n) is 2.71. The Labute approximate surface area is 118 Å². The van der Waals surface area contributed by atoms with Crippen molar-refractivity contribution in [2.75, 3.05) is 19.7 Å². The molecule has 0 aromatic heterocycles.